The van der Waals surface area contributed by atoms with E-state index in [1.165, 1.54) is 5.56 Å². The molecule has 1 fully saturated rings. The smallest absolute Gasteiger partial charge is 0.241 e. The summed E-state index contributed by atoms with van der Waals surface area (Å²) < 4.78 is 0. The topological polar surface area (TPSA) is 35.6 Å². The zero-order chi connectivity index (χ0) is 14.7. The highest BCUT2D eigenvalue weighted by Crippen LogP contribution is 2.29. The van der Waals surface area contributed by atoms with Crippen molar-refractivity contribution in [2.75, 3.05) is 38.1 Å². The molecule has 1 aromatic carbocycles. The van der Waals surface area contributed by atoms with Gasteiger partial charge in [0.15, 0.2) is 0 Å². The molecule has 0 radical (unpaired) electrons. The van der Waals surface area contributed by atoms with Gasteiger partial charge in [0.1, 0.15) is 0 Å². The highest BCUT2D eigenvalue weighted by Gasteiger charge is 2.22. The number of carbonyl (C=O) groups is 1. The molecule has 1 saturated heterocycles. The lowest BCUT2D eigenvalue weighted by Gasteiger charge is -2.34. The number of hydrogen-bond acceptors (Lipinski definition) is 3. The molecule has 0 saturated carbocycles. The van der Waals surface area contributed by atoms with Crippen molar-refractivity contribution < 1.29 is 4.79 Å². The second-order valence-corrected chi connectivity index (χ2v) is 5.63. The molecule has 0 aromatic heterocycles. The predicted octanol–water partition coefficient (Wildman–Crippen LogP) is 2.29. The van der Waals surface area contributed by atoms with Gasteiger partial charge in [-0.05, 0) is 31.2 Å². The van der Waals surface area contributed by atoms with Gasteiger partial charge in [-0.15, -0.1) is 0 Å². The molecule has 2 rings (SSSR count). The summed E-state index contributed by atoms with van der Waals surface area (Å²) in [5, 5.41) is 4.08. The molecule has 1 unspecified atom stereocenters. The summed E-state index contributed by atoms with van der Waals surface area (Å²) in [5.74, 6) is 0.136. The van der Waals surface area contributed by atoms with E-state index >= 15 is 0 Å². The third-order valence-electron chi connectivity index (χ3n) is 3.78. The Hall–Kier alpha value is -1.26. The van der Waals surface area contributed by atoms with Crippen LogP contribution in [-0.4, -0.2) is 44.0 Å². The van der Waals surface area contributed by atoms with E-state index in [9.17, 15) is 4.79 Å². The van der Waals surface area contributed by atoms with E-state index in [-0.39, 0.29) is 11.9 Å². The SMILES string of the molecule is CCNC(C)c1ccc(N2CCN(C)C(=O)C2)c(Cl)c1. The van der Waals surface area contributed by atoms with Crippen LogP contribution in [0.5, 0.6) is 0 Å². The molecule has 20 heavy (non-hydrogen) atoms. The lowest BCUT2D eigenvalue weighted by Crippen LogP contribution is -2.48. The first-order valence-corrected chi connectivity index (χ1v) is 7.42. The number of nitrogens with one attached hydrogen (secondary N) is 1. The normalized spacial score (nSPS) is 17.5. The first-order valence-electron chi connectivity index (χ1n) is 7.04. The number of benzene rings is 1. The van der Waals surface area contributed by atoms with Crippen LogP contribution >= 0.6 is 11.6 Å². The van der Waals surface area contributed by atoms with E-state index < -0.39 is 0 Å². The van der Waals surface area contributed by atoms with Gasteiger partial charge in [-0.3, -0.25) is 4.79 Å². The highest BCUT2D eigenvalue weighted by atomic mass is 35.5. The average molecular weight is 296 g/mol. The summed E-state index contributed by atoms with van der Waals surface area (Å²) in [6, 6.07) is 6.37. The largest absolute Gasteiger partial charge is 0.359 e. The molecule has 1 heterocycles. The van der Waals surface area contributed by atoms with Gasteiger partial charge >= 0.3 is 0 Å². The third-order valence-corrected chi connectivity index (χ3v) is 4.08. The number of carbonyl (C=O) groups excluding carboxylic acids is 1. The molecular formula is C15H22ClN3O. The minimum Gasteiger partial charge on any atom is -0.359 e. The van der Waals surface area contributed by atoms with E-state index in [0.717, 1.165) is 25.3 Å². The van der Waals surface area contributed by atoms with Crippen molar-refractivity contribution in [2.24, 2.45) is 0 Å². The van der Waals surface area contributed by atoms with Gasteiger partial charge in [-0.1, -0.05) is 24.6 Å². The third kappa shape index (κ3) is 3.25. The summed E-state index contributed by atoms with van der Waals surface area (Å²) in [7, 11) is 1.84. The molecular weight excluding hydrogens is 274 g/mol. The number of anilines is 1. The Kier molecular flexibility index (Phi) is 4.89. The second kappa shape index (κ2) is 6.46. The molecule has 1 aliphatic heterocycles. The Morgan fingerprint density at radius 1 is 1.40 bits per heavy atom. The van der Waals surface area contributed by atoms with Crippen LogP contribution in [-0.2, 0) is 4.79 Å². The number of likely N-dealkylation sites (N-methyl/N-ethyl adjacent to an activating group) is 1. The molecule has 0 aliphatic carbocycles. The first kappa shape index (κ1) is 15.1. The molecule has 5 heteroatoms. The van der Waals surface area contributed by atoms with Gasteiger partial charge in [-0.25, -0.2) is 0 Å². The van der Waals surface area contributed by atoms with Crippen molar-refractivity contribution in [1.82, 2.24) is 10.2 Å². The Labute approximate surface area is 125 Å². The van der Waals surface area contributed by atoms with E-state index in [1.54, 1.807) is 4.90 Å². The number of piperazine rings is 1. The molecule has 0 spiro atoms. The van der Waals surface area contributed by atoms with E-state index in [2.05, 4.69) is 25.2 Å². The lowest BCUT2D eigenvalue weighted by atomic mass is 10.1. The molecule has 1 aromatic rings. The molecule has 110 valence electrons. The van der Waals surface area contributed by atoms with Gasteiger partial charge in [0.05, 0.1) is 17.3 Å². The van der Waals surface area contributed by atoms with Gasteiger partial charge in [0.2, 0.25) is 5.91 Å². The Morgan fingerprint density at radius 3 is 2.75 bits per heavy atom. The lowest BCUT2D eigenvalue weighted by molar-refractivity contribution is -0.129. The number of rotatable bonds is 4. The number of halogens is 1. The van der Waals surface area contributed by atoms with Crippen LogP contribution < -0.4 is 10.2 Å². The summed E-state index contributed by atoms with van der Waals surface area (Å²) in [5.41, 5.74) is 2.11. The quantitative estimate of drug-likeness (QED) is 0.926. The van der Waals surface area contributed by atoms with Crippen molar-refractivity contribution in [3.8, 4) is 0 Å². The summed E-state index contributed by atoms with van der Waals surface area (Å²) in [6.07, 6.45) is 0. The van der Waals surface area contributed by atoms with Gasteiger partial charge < -0.3 is 15.1 Å². The number of hydrogen-bond donors (Lipinski definition) is 1. The van der Waals surface area contributed by atoms with E-state index in [0.29, 0.717) is 11.6 Å². The Balaban J connectivity index is 2.15. The monoisotopic (exact) mass is 295 g/mol. The van der Waals surface area contributed by atoms with Crippen LogP contribution in [0.15, 0.2) is 18.2 Å². The summed E-state index contributed by atoms with van der Waals surface area (Å²) >= 11 is 6.40. The maximum atomic E-state index is 11.8. The van der Waals surface area contributed by atoms with Crippen molar-refractivity contribution in [2.45, 2.75) is 19.9 Å². The van der Waals surface area contributed by atoms with Crippen LogP contribution in [0.4, 0.5) is 5.69 Å². The highest BCUT2D eigenvalue weighted by molar-refractivity contribution is 6.33. The van der Waals surface area contributed by atoms with Crippen molar-refractivity contribution in [3.63, 3.8) is 0 Å². The standard InChI is InChI=1S/C15H22ClN3O/c1-4-17-11(2)12-5-6-14(13(16)9-12)19-8-7-18(3)15(20)10-19/h5-6,9,11,17H,4,7-8,10H2,1-3H3. The summed E-state index contributed by atoms with van der Waals surface area (Å²) in [4.78, 5) is 15.6. The van der Waals surface area contributed by atoms with Crippen LogP contribution in [0, 0.1) is 0 Å². The Morgan fingerprint density at radius 2 is 2.15 bits per heavy atom. The average Bonchev–Trinajstić information content (AvgIpc) is 2.42. The molecule has 0 bridgehead atoms. The molecule has 1 atom stereocenters. The number of amides is 1. The van der Waals surface area contributed by atoms with E-state index in [4.69, 9.17) is 11.6 Å². The van der Waals surface area contributed by atoms with Crippen molar-refractivity contribution in [1.29, 1.82) is 0 Å². The fraction of sp³-hybridized carbons (Fsp3) is 0.533. The van der Waals surface area contributed by atoms with Gasteiger partial charge in [-0.2, -0.15) is 0 Å². The number of nitrogens with zero attached hydrogens (tertiary/aromatic N) is 2. The maximum absolute atomic E-state index is 11.8. The van der Waals surface area contributed by atoms with Crippen LogP contribution in [0.3, 0.4) is 0 Å². The van der Waals surface area contributed by atoms with Gasteiger partial charge in [0, 0.05) is 26.2 Å². The first-order chi connectivity index (χ1) is 9.52. The molecule has 1 amide bonds. The van der Waals surface area contributed by atoms with Crippen molar-refractivity contribution >= 4 is 23.2 Å². The van der Waals surface area contributed by atoms with E-state index in [1.807, 2.05) is 24.1 Å². The minimum absolute atomic E-state index is 0.136. The van der Waals surface area contributed by atoms with Crippen LogP contribution in [0.1, 0.15) is 25.5 Å². The predicted molar refractivity (Wildman–Crippen MR) is 83.4 cm³/mol. The second-order valence-electron chi connectivity index (χ2n) is 5.23. The maximum Gasteiger partial charge on any atom is 0.241 e. The zero-order valence-corrected chi connectivity index (χ0v) is 13.1. The Bertz CT molecular complexity index is 492. The van der Waals surface area contributed by atoms with Crippen LogP contribution in [0.2, 0.25) is 5.02 Å². The van der Waals surface area contributed by atoms with Gasteiger partial charge in [0.25, 0.3) is 0 Å². The minimum atomic E-state index is 0.136. The van der Waals surface area contributed by atoms with Crippen LogP contribution in [0.25, 0.3) is 0 Å². The fourth-order valence-electron chi connectivity index (χ4n) is 2.44. The van der Waals surface area contributed by atoms with Crippen molar-refractivity contribution in [3.05, 3.63) is 28.8 Å². The molecule has 1 N–H and O–H groups in total. The molecule has 4 nitrogen and oxygen atoms in total. The molecule has 1 aliphatic rings. The fourth-order valence-corrected chi connectivity index (χ4v) is 2.75. The zero-order valence-electron chi connectivity index (χ0n) is 12.3. The summed E-state index contributed by atoms with van der Waals surface area (Å²) in [6.45, 7) is 7.09.